The molecule has 1 rings (SSSR count). The summed E-state index contributed by atoms with van der Waals surface area (Å²) in [4.78, 5) is 33.4. The van der Waals surface area contributed by atoms with E-state index in [1.165, 1.54) is 24.3 Å². The predicted octanol–water partition coefficient (Wildman–Crippen LogP) is 1.48. The summed E-state index contributed by atoms with van der Waals surface area (Å²) >= 11 is 0. The van der Waals surface area contributed by atoms with Crippen LogP contribution in [0.1, 0.15) is 13.3 Å². The molecule has 0 fully saturated rings. The van der Waals surface area contributed by atoms with Crippen molar-refractivity contribution in [2.75, 3.05) is 18.5 Å². The molecule has 126 valence electrons. The molecule has 0 radical (unpaired) electrons. The van der Waals surface area contributed by atoms with Crippen LogP contribution in [0, 0.1) is 21.4 Å². The first-order valence-electron chi connectivity index (χ1n) is 7.03. The number of carbonyl (C=O) groups is 2. The van der Waals surface area contributed by atoms with Crippen LogP contribution in [0.15, 0.2) is 36.0 Å². The molecule has 0 unspecified atom stereocenters. The van der Waals surface area contributed by atoms with Gasteiger partial charge in [-0.3, -0.25) is 19.7 Å². The van der Waals surface area contributed by atoms with Gasteiger partial charge in [-0.15, -0.1) is 0 Å². The van der Waals surface area contributed by atoms with E-state index in [0.717, 1.165) is 6.20 Å². The van der Waals surface area contributed by atoms with Gasteiger partial charge in [-0.2, -0.15) is 5.26 Å². The third-order valence-electron chi connectivity index (χ3n) is 2.74. The van der Waals surface area contributed by atoms with Crippen molar-refractivity contribution in [3.05, 3.63) is 46.2 Å². The number of nitrogens with one attached hydrogen (secondary N) is 2. The molecule has 0 aliphatic carbocycles. The van der Waals surface area contributed by atoms with Crippen LogP contribution in [0.3, 0.4) is 0 Å². The number of nitrogens with zero attached hydrogens (tertiary/aromatic N) is 2. The SMILES string of the molecule is CCOC(=O)CCN/C=C(/C#N)C(=O)Nc1ccccc1[N+](=O)[O-]. The van der Waals surface area contributed by atoms with E-state index in [0.29, 0.717) is 0 Å². The van der Waals surface area contributed by atoms with E-state index in [2.05, 4.69) is 10.6 Å². The highest BCUT2D eigenvalue weighted by Crippen LogP contribution is 2.23. The van der Waals surface area contributed by atoms with Crippen molar-refractivity contribution in [3.8, 4) is 6.07 Å². The molecule has 1 aromatic rings. The van der Waals surface area contributed by atoms with Crippen molar-refractivity contribution < 1.29 is 19.2 Å². The van der Waals surface area contributed by atoms with Crippen LogP contribution in [0.2, 0.25) is 0 Å². The number of ether oxygens (including phenoxy) is 1. The normalized spacial score (nSPS) is 10.4. The number of para-hydroxylation sites is 2. The summed E-state index contributed by atoms with van der Waals surface area (Å²) in [7, 11) is 0. The molecule has 24 heavy (non-hydrogen) atoms. The second-order valence-electron chi connectivity index (χ2n) is 4.41. The highest BCUT2D eigenvalue weighted by molar-refractivity contribution is 6.07. The van der Waals surface area contributed by atoms with E-state index >= 15 is 0 Å². The average molecular weight is 332 g/mol. The van der Waals surface area contributed by atoms with Crippen LogP contribution < -0.4 is 10.6 Å². The minimum atomic E-state index is -0.796. The van der Waals surface area contributed by atoms with Gasteiger partial charge in [0, 0.05) is 18.8 Å². The molecule has 1 amide bonds. The zero-order valence-electron chi connectivity index (χ0n) is 12.9. The van der Waals surface area contributed by atoms with E-state index in [1.807, 2.05) is 0 Å². The van der Waals surface area contributed by atoms with Crippen molar-refractivity contribution in [1.82, 2.24) is 5.32 Å². The van der Waals surface area contributed by atoms with Crippen LogP contribution in [-0.4, -0.2) is 30.0 Å². The minimum absolute atomic E-state index is 0.0137. The van der Waals surface area contributed by atoms with Gasteiger partial charge in [0.25, 0.3) is 11.6 Å². The van der Waals surface area contributed by atoms with Gasteiger partial charge in [0.2, 0.25) is 0 Å². The monoisotopic (exact) mass is 332 g/mol. The molecule has 0 atom stereocenters. The maximum atomic E-state index is 12.0. The lowest BCUT2D eigenvalue weighted by Crippen LogP contribution is -2.19. The zero-order chi connectivity index (χ0) is 17.9. The Kier molecular flexibility index (Phi) is 7.44. The third-order valence-corrected chi connectivity index (χ3v) is 2.74. The second kappa shape index (κ2) is 9.58. The van der Waals surface area contributed by atoms with Gasteiger partial charge in [0.1, 0.15) is 17.3 Å². The first kappa shape index (κ1) is 18.6. The van der Waals surface area contributed by atoms with E-state index in [-0.39, 0.29) is 36.5 Å². The summed E-state index contributed by atoms with van der Waals surface area (Å²) in [6.45, 7) is 2.14. The fraction of sp³-hybridized carbons (Fsp3) is 0.267. The number of anilines is 1. The molecule has 0 saturated carbocycles. The first-order chi connectivity index (χ1) is 11.5. The maximum absolute atomic E-state index is 12.0. The Morgan fingerprint density at radius 1 is 1.42 bits per heavy atom. The molecule has 0 aliphatic rings. The number of amides is 1. The molecule has 0 bridgehead atoms. The summed E-state index contributed by atoms with van der Waals surface area (Å²) < 4.78 is 4.73. The van der Waals surface area contributed by atoms with E-state index in [4.69, 9.17) is 10.00 Å². The van der Waals surface area contributed by atoms with Gasteiger partial charge < -0.3 is 15.4 Å². The lowest BCUT2D eigenvalue weighted by atomic mass is 10.2. The van der Waals surface area contributed by atoms with Gasteiger partial charge in [-0.1, -0.05) is 12.1 Å². The van der Waals surface area contributed by atoms with Crippen LogP contribution in [0.5, 0.6) is 0 Å². The Bertz CT molecular complexity index is 693. The Hall–Kier alpha value is -3.41. The maximum Gasteiger partial charge on any atom is 0.307 e. The number of esters is 1. The lowest BCUT2D eigenvalue weighted by Gasteiger charge is -2.06. The first-order valence-corrected chi connectivity index (χ1v) is 7.03. The summed E-state index contributed by atoms with van der Waals surface area (Å²) in [6, 6.07) is 7.27. The number of nitro groups is 1. The topological polar surface area (TPSA) is 134 Å². The Balaban J connectivity index is 2.68. The van der Waals surface area contributed by atoms with Gasteiger partial charge in [0.05, 0.1) is 18.0 Å². The van der Waals surface area contributed by atoms with Crippen LogP contribution in [0.25, 0.3) is 0 Å². The molecule has 0 aliphatic heterocycles. The molecule has 9 nitrogen and oxygen atoms in total. The number of rotatable bonds is 8. The van der Waals surface area contributed by atoms with Gasteiger partial charge in [-0.25, -0.2) is 0 Å². The number of nitriles is 1. The largest absolute Gasteiger partial charge is 0.466 e. The minimum Gasteiger partial charge on any atom is -0.466 e. The second-order valence-corrected chi connectivity index (χ2v) is 4.41. The predicted molar refractivity (Wildman–Crippen MR) is 84.7 cm³/mol. The van der Waals surface area contributed by atoms with Gasteiger partial charge in [-0.05, 0) is 13.0 Å². The highest BCUT2D eigenvalue weighted by Gasteiger charge is 2.17. The molecule has 0 spiro atoms. The molecule has 9 heteroatoms. The molecular formula is C15H16N4O5. The molecule has 0 aromatic heterocycles. The summed E-state index contributed by atoms with van der Waals surface area (Å²) in [5.41, 5.74) is -0.574. The average Bonchev–Trinajstić information content (AvgIpc) is 2.55. The Morgan fingerprint density at radius 2 is 2.12 bits per heavy atom. The van der Waals surface area contributed by atoms with Gasteiger partial charge >= 0.3 is 5.97 Å². The van der Waals surface area contributed by atoms with E-state index in [9.17, 15) is 19.7 Å². The van der Waals surface area contributed by atoms with Crippen molar-refractivity contribution in [2.24, 2.45) is 0 Å². The van der Waals surface area contributed by atoms with Crippen molar-refractivity contribution >= 4 is 23.3 Å². The summed E-state index contributed by atoms with van der Waals surface area (Å²) in [5, 5.41) is 24.8. The van der Waals surface area contributed by atoms with E-state index < -0.39 is 16.8 Å². The molecule has 0 heterocycles. The number of carbonyl (C=O) groups excluding carboxylic acids is 2. The molecule has 2 N–H and O–H groups in total. The number of nitro benzene ring substituents is 1. The molecule has 0 saturated heterocycles. The summed E-state index contributed by atoms with van der Waals surface area (Å²) in [6.07, 6.45) is 1.22. The third kappa shape index (κ3) is 5.76. The standard InChI is InChI=1S/C15H16N4O5/c1-2-24-14(20)7-8-17-10-11(9-16)15(21)18-12-5-3-4-6-13(12)19(22)23/h3-6,10,17H,2,7-8H2,1H3,(H,18,21)/b11-10-. The lowest BCUT2D eigenvalue weighted by molar-refractivity contribution is -0.383. The molecular weight excluding hydrogens is 316 g/mol. The molecule has 1 aromatic carbocycles. The summed E-state index contributed by atoms with van der Waals surface area (Å²) in [5.74, 6) is -1.20. The number of hydrogen-bond acceptors (Lipinski definition) is 7. The highest BCUT2D eigenvalue weighted by atomic mass is 16.6. The van der Waals surface area contributed by atoms with Crippen LogP contribution in [-0.2, 0) is 14.3 Å². The van der Waals surface area contributed by atoms with Crippen molar-refractivity contribution in [2.45, 2.75) is 13.3 Å². The Labute approximate surface area is 138 Å². The Morgan fingerprint density at radius 3 is 2.75 bits per heavy atom. The fourth-order valence-electron chi connectivity index (χ4n) is 1.66. The number of hydrogen-bond donors (Lipinski definition) is 2. The number of benzene rings is 1. The van der Waals surface area contributed by atoms with Crippen LogP contribution >= 0.6 is 0 Å². The quantitative estimate of drug-likeness (QED) is 0.184. The zero-order valence-corrected chi connectivity index (χ0v) is 12.9. The van der Waals surface area contributed by atoms with Crippen molar-refractivity contribution in [1.29, 1.82) is 5.26 Å². The fourth-order valence-corrected chi connectivity index (χ4v) is 1.66. The van der Waals surface area contributed by atoms with Crippen LogP contribution in [0.4, 0.5) is 11.4 Å². The smallest absolute Gasteiger partial charge is 0.307 e. The van der Waals surface area contributed by atoms with E-state index in [1.54, 1.807) is 13.0 Å². The van der Waals surface area contributed by atoms with Crippen molar-refractivity contribution in [3.63, 3.8) is 0 Å². The van der Waals surface area contributed by atoms with Gasteiger partial charge in [0.15, 0.2) is 0 Å².